The first-order chi connectivity index (χ1) is 10.6. The van der Waals surface area contributed by atoms with Crippen molar-refractivity contribution in [3.05, 3.63) is 74.9 Å². The largest absolute Gasteiger partial charge is 0.328 e. The normalized spacial score (nSPS) is 10.5. The molecule has 6 heteroatoms. The highest BCUT2D eigenvalue weighted by Crippen LogP contribution is 2.29. The number of nitriles is 1. The van der Waals surface area contributed by atoms with Crippen LogP contribution in [-0.2, 0) is 6.54 Å². The molecule has 0 saturated heterocycles. The van der Waals surface area contributed by atoms with E-state index >= 15 is 0 Å². The molecule has 0 radical (unpaired) electrons. The number of rotatable bonds is 3. The fraction of sp³-hybridized carbons (Fsp3) is 0.0625. The van der Waals surface area contributed by atoms with Crippen LogP contribution in [-0.4, -0.2) is 9.49 Å². The smallest absolute Gasteiger partial charge is 0.278 e. The van der Waals surface area contributed by atoms with E-state index < -0.39 is 4.92 Å². The summed E-state index contributed by atoms with van der Waals surface area (Å²) in [6.45, 7) is 0.425. The summed E-state index contributed by atoms with van der Waals surface area (Å²) in [5.41, 5.74) is 1.96. The minimum atomic E-state index is -0.437. The van der Waals surface area contributed by atoms with Crippen molar-refractivity contribution >= 4 is 28.2 Å². The van der Waals surface area contributed by atoms with Gasteiger partial charge < -0.3 is 4.57 Å². The highest BCUT2D eigenvalue weighted by molar-refractivity contribution is 6.30. The first-order valence-electron chi connectivity index (χ1n) is 6.51. The summed E-state index contributed by atoms with van der Waals surface area (Å²) in [4.78, 5) is 10.7. The van der Waals surface area contributed by atoms with Gasteiger partial charge in [0.1, 0.15) is 11.8 Å². The standard InChI is InChI=1S/C16H10ClN3O2/c17-12-4-1-3-11(7-12)10-19-13(9-18)8-14-15(19)5-2-6-16(14)20(21)22/h1-8H,10H2. The maximum absolute atomic E-state index is 11.1. The lowest BCUT2D eigenvalue weighted by Gasteiger charge is -2.07. The molecule has 0 bridgehead atoms. The number of nitro groups is 1. The van der Waals surface area contributed by atoms with Gasteiger partial charge in [-0.3, -0.25) is 10.1 Å². The predicted molar refractivity (Wildman–Crippen MR) is 83.9 cm³/mol. The van der Waals surface area contributed by atoms with Crippen molar-refractivity contribution in [2.75, 3.05) is 0 Å². The Labute approximate surface area is 131 Å². The highest BCUT2D eigenvalue weighted by atomic mass is 35.5. The van der Waals surface area contributed by atoms with E-state index in [0.717, 1.165) is 5.56 Å². The van der Waals surface area contributed by atoms with Gasteiger partial charge in [-0.25, -0.2) is 0 Å². The van der Waals surface area contributed by atoms with Crippen LogP contribution >= 0.6 is 11.6 Å². The summed E-state index contributed by atoms with van der Waals surface area (Å²) in [6.07, 6.45) is 0. The van der Waals surface area contributed by atoms with Gasteiger partial charge in [-0.2, -0.15) is 5.26 Å². The third-order valence-corrected chi connectivity index (χ3v) is 3.70. The van der Waals surface area contributed by atoms with Crippen molar-refractivity contribution in [1.82, 2.24) is 4.57 Å². The number of halogens is 1. The summed E-state index contributed by atoms with van der Waals surface area (Å²) in [5, 5.41) is 21.5. The second kappa shape index (κ2) is 5.51. The fourth-order valence-corrected chi connectivity index (χ4v) is 2.72. The van der Waals surface area contributed by atoms with Crippen LogP contribution in [0.15, 0.2) is 48.5 Å². The van der Waals surface area contributed by atoms with Crippen molar-refractivity contribution in [3.63, 3.8) is 0 Å². The Bertz CT molecular complexity index is 925. The maximum atomic E-state index is 11.1. The molecule has 1 aromatic heterocycles. The zero-order valence-electron chi connectivity index (χ0n) is 11.4. The number of benzene rings is 2. The average molecular weight is 312 g/mol. The van der Waals surface area contributed by atoms with Gasteiger partial charge >= 0.3 is 0 Å². The molecule has 3 rings (SSSR count). The van der Waals surface area contributed by atoms with Crippen LogP contribution in [0.5, 0.6) is 0 Å². The minimum Gasteiger partial charge on any atom is -0.328 e. The third-order valence-electron chi connectivity index (χ3n) is 3.46. The molecule has 0 aliphatic rings. The molecule has 5 nitrogen and oxygen atoms in total. The van der Waals surface area contributed by atoms with Crippen LogP contribution in [0.2, 0.25) is 5.02 Å². The van der Waals surface area contributed by atoms with Gasteiger partial charge in [0.15, 0.2) is 0 Å². The molecule has 0 amide bonds. The molecule has 0 fully saturated rings. The summed E-state index contributed by atoms with van der Waals surface area (Å²) in [5.74, 6) is 0. The third kappa shape index (κ3) is 2.41. The van der Waals surface area contributed by atoms with Crippen molar-refractivity contribution < 1.29 is 4.92 Å². The molecule has 0 spiro atoms. The van der Waals surface area contributed by atoms with E-state index in [1.165, 1.54) is 6.07 Å². The SMILES string of the molecule is N#Cc1cc2c([N+](=O)[O-])cccc2n1Cc1cccc(Cl)c1. The first kappa shape index (κ1) is 14.1. The average Bonchev–Trinajstić information content (AvgIpc) is 2.85. The maximum Gasteiger partial charge on any atom is 0.278 e. The van der Waals surface area contributed by atoms with Crippen molar-refractivity contribution in [3.8, 4) is 6.07 Å². The van der Waals surface area contributed by atoms with Gasteiger partial charge in [0.05, 0.1) is 15.8 Å². The molecular weight excluding hydrogens is 302 g/mol. The van der Waals surface area contributed by atoms with Crippen LogP contribution in [0.4, 0.5) is 5.69 Å². The lowest BCUT2D eigenvalue weighted by Crippen LogP contribution is -2.02. The van der Waals surface area contributed by atoms with Gasteiger partial charge in [-0.15, -0.1) is 0 Å². The number of fused-ring (bicyclic) bond motifs is 1. The molecular formula is C16H10ClN3O2. The Balaban J connectivity index is 2.19. The number of hydrogen-bond donors (Lipinski definition) is 0. The molecule has 0 aliphatic heterocycles. The zero-order chi connectivity index (χ0) is 15.7. The molecule has 108 valence electrons. The molecule has 0 atom stereocenters. The Morgan fingerprint density at radius 3 is 2.68 bits per heavy atom. The topological polar surface area (TPSA) is 71.9 Å². The number of non-ortho nitro benzene ring substituents is 1. The summed E-state index contributed by atoms with van der Waals surface area (Å²) in [6, 6.07) is 15.8. The molecule has 0 unspecified atom stereocenters. The van der Waals surface area contributed by atoms with Gasteiger partial charge in [0.2, 0.25) is 0 Å². The molecule has 22 heavy (non-hydrogen) atoms. The van der Waals surface area contributed by atoms with Crippen LogP contribution < -0.4 is 0 Å². The van der Waals surface area contributed by atoms with Crippen molar-refractivity contribution in [1.29, 1.82) is 5.26 Å². The Kier molecular flexibility index (Phi) is 3.53. The summed E-state index contributed by atoms with van der Waals surface area (Å²) < 4.78 is 1.76. The van der Waals surface area contributed by atoms with Crippen LogP contribution in [0.1, 0.15) is 11.3 Å². The first-order valence-corrected chi connectivity index (χ1v) is 6.89. The van der Waals surface area contributed by atoms with Gasteiger partial charge in [-0.05, 0) is 29.8 Å². The molecule has 2 aromatic carbocycles. The zero-order valence-corrected chi connectivity index (χ0v) is 12.1. The van der Waals surface area contributed by atoms with Crippen LogP contribution in [0, 0.1) is 21.4 Å². The molecule has 0 N–H and O–H groups in total. The van der Waals surface area contributed by atoms with E-state index in [1.54, 1.807) is 28.8 Å². The highest BCUT2D eigenvalue weighted by Gasteiger charge is 2.17. The number of hydrogen-bond acceptors (Lipinski definition) is 3. The lowest BCUT2D eigenvalue weighted by molar-refractivity contribution is -0.383. The van der Waals surface area contributed by atoms with Crippen LogP contribution in [0.25, 0.3) is 10.9 Å². The fourth-order valence-electron chi connectivity index (χ4n) is 2.51. The minimum absolute atomic E-state index is 0.00107. The quantitative estimate of drug-likeness (QED) is 0.539. The van der Waals surface area contributed by atoms with E-state index in [2.05, 4.69) is 6.07 Å². The monoisotopic (exact) mass is 311 g/mol. The van der Waals surface area contributed by atoms with E-state index in [9.17, 15) is 15.4 Å². The van der Waals surface area contributed by atoms with Gasteiger partial charge in [0.25, 0.3) is 5.69 Å². The van der Waals surface area contributed by atoms with Crippen LogP contribution in [0.3, 0.4) is 0 Å². The van der Waals surface area contributed by atoms with E-state index in [4.69, 9.17) is 11.6 Å². The molecule has 0 aliphatic carbocycles. The number of nitrogens with zero attached hydrogens (tertiary/aromatic N) is 3. The second-order valence-electron chi connectivity index (χ2n) is 4.82. The molecule has 0 saturated carbocycles. The van der Waals surface area contributed by atoms with Crippen molar-refractivity contribution in [2.24, 2.45) is 0 Å². The Hall–Kier alpha value is -2.84. The second-order valence-corrected chi connectivity index (χ2v) is 5.26. The van der Waals surface area contributed by atoms with Gasteiger partial charge in [0, 0.05) is 17.6 Å². The summed E-state index contributed by atoms with van der Waals surface area (Å²) >= 11 is 5.98. The van der Waals surface area contributed by atoms with E-state index in [1.807, 2.05) is 18.2 Å². The molecule has 1 heterocycles. The van der Waals surface area contributed by atoms with Gasteiger partial charge in [-0.1, -0.05) is 29.8 Å². The van der Waals surface area contributed by atoms with Crippen molar-refractivity contribution in [2.45, 2.75) is 6.54 Å². The Morgan fingerprint density at radius 2 is 2.00 bits per heavy atom. The van der Waals surface area contributed by atoms with E-state index in [-0.39, 0.29) is 5.69 Å². The van der Waals surface area contributed by atoms with E-state index in [0.29, 0.717) is 28.2 Å². The molecule has 3 aromatic rings. The number of aromatic nitrogens is 1. The summed E-state index contributed by atoms with van der Waals surface area (Å²) in [7, 11) is 0. The predicted octanol–water partition coefficient (Wildman–Crippen LogP) is 4.12. The lowest BCUT2D eigenvalue weighted by atomic mass is 10.2. The Morgan fingerprint density at radius 1 is 1.23 bits per heavy atom. The number of nitro benzene ring substituents is 1.